The molecule has 0 radical (unpaired) electrons. The lowest BCUT2D eigenvalue weighted by molar-refractivity contribution is 1.04. The number of hydrazone groups is 1. The second-order valence-corrected chi connectivity index (χ2v) is 5.28. The van der Waals surface area contributed by atoms with E-state index in [0.717, 1.165) is 17.0 Å². The molecule has 2 aromatic rings. The van der Waals surface area contributed by atoms with Gasteiger partial charge in [0.25, 0.3) is 0 Å². The smallest absolute Gasteiger partial charge is 0.191 e. The lowest BCUT2D eigenvalue weighted by Crippen LogP contribution is -2.25. The Kier molecular flexibility index (Phi) is 5.06. The van der Waals surface area contributed by atoms with Crippen LogP contribution in [0.15, 0.2) is 53.6 Å². The minimum absolute atomic E-state index is 0.485. The second-order valence-electron chi connectivity index (χ2n) is 4.88. The van der Waals surface area contributed by atoms with E-state index in [4.69, 9.17) is 12.2 Å². The molecule has 0 unspecified atom stereocenters. The van der Waals surface area contributed by atoms with E-state index in [1.807, 2.05) is 49.4 Å². The number of nitrogens with one attached hydrogen (secondary N) is 2. The van der Waals surface area contributed by atoms with Gasteiger partial charge in [-0.1, -0.05) is 42.5 Å². The highest BCUT2D eigenvalue weighted by molar-refractivity contribution is 7.80. The summed E-state index contributed by atoms with van der Waals surface area (Å²) in [4.78, 5) is 0. The number of nitrogens with zero attached hydrogens (tertiary/aromatic N) is 1. The van der Waals surface area contributed by atoms with E-state index in [-0.39, 0.29) is 0 Å². The van der Waals surface area contributed by atoms with Crippen LogP contribution in [0.3, 0.4) is 0 Å². The quantitative estimate of drug-likeness (QED) is 0.510. The van der Waals surface area contributed by atoms with Gasteiger partial charge in [0.05, 0.1) is 5.71 Å². The number of hydrogen-bond donors (Lipinski definition) is 2. The zero-order valence-electron chi connectivity index (χ0n) is 12.5. The fourth-order valence-corrected chi connectivity index (χ4v) is 2.07. The Morgan fingerprint density at radius 1 is 1.00 bits per heavy atom. The third-order valence-corrected chi connectivity index (χ3v) is 3.56. The topological polar surface area (TPSA) is 36.4 Å². The SMILES string of the molecule is C/C(=N\NC(=S)Nc1cccc(C)c1C)c1ccccc1. The first-order valence-corrected chi connectivity index (χ1v) is 7.21. The maximum absolute atomic E-state index is 5.28. The van der Waals surface area contributed by atoms with Crippen molar-refractivity contribution in [3.63, 3.8) is 0 Å². The number of hydrogen-bond acceptors (Lipinski definition) is 2. The fraction of sp³-hybridized carbons (Fsp3) is 0.176. The van der Waals surface area contributed by atoms with Crippen molar-refractivity contribution in [2.24, 2.45) is 5.10 Å². The fourth-order valence-electron chi connectivity index (χ4n) is 1.92. The molecule has 0 bridgehead atoms. The molecule has 4 heteroatoms. The summed E-state index contributed by atoms with van der Waals surface area (Å²) in [6.07, 6.45) is 0. The van der Waals surface area contributed by atoms with Crippen LogP contribution in [0, 0.1) is 13.8 Å². The van der Waals surface area contributed by atoms with E-state index in [2.05, 4.69) is 35.8 Å². The summed E-state index contributed by atoms with van der Waals surface area (Å²) in [5, 5.41) is 7.96. The summed E-state index contributed by atoms with van der Waals surface area (Å²) >= 11 is 5.28. The van der Waals surface area contributed by atoms with Crippen LogP contribution in [-0.2, 0) is 0 Å². The summed E-state index contributed by atoms with van der Waals surface area (Å²) in [6, 6.07) is 16.1. The molecule has 0 spiro atoms. The number of aryl methyl sites for hydroxylation is 1. The Labute approximate surface area is 131 Å². The van der Waals surface area contributed by atoms with Crippen LogP contribution in [0.1, 0.15) is 23.6 Å². The van der Waals surface area contributed by atoms with Gasteiger partial charge in [-0.15, -0.1) is 0 Å². The van der Waals surface area contributed by atoms with Crippen LogP contribution in [0.2, 0.25) is 0 Å². The molecule has 0 aliphatic carbocycles. The Morgan fingerprint density at radius 2 is 1.71 bits per heavy atom. The predicted molar refractivity (Wildman–Crippen MR) is 93.9 cm³/mol. The first-order valence-electron chi connectivity index (χ1n) is 6.81. The van der Waals surface area contributed by atoms with Crippen molar-refractivity contribution in [1.29, 1.82) is 0 Å². The van der Waals surface area contributed by atoms with Gasteiger partial charge in [-0.05, 0) is 55.7 Å². The molecule has 0 amide bonds. The molecular weight excluding hydrogens is 278 g/mol. The lowest BCUT2D eigenvalue weighted by atomic mass is 10.1. The van der Waals surface area contributed by atoms with Crippen molar-refractivity contribution in [3.05, 3.63) is 65.2 Å². The predicted octanol–water partition coefficient (Wildman–Crippen LogP) is 4.01. The van der Waals surface area contributed by atoms with Crippen molar-refractivity contribution in [1.82, 2.24) is 5.43 Å². The normalized spacial score (nSPS) is 11.1. The highest BCUT2D eigenvalue weighted by atomic mass is 32.1. The Balaban J connectivity index is 2.01. The number of thiocarbonyl (C=S) groups is 1. The van der Waals surface area contributed by atoms with Crippen molar-refractivity contribution in [2.45, 2.75) is 20.8 Å². The van der Waals surface area contributed by atoms with E-state index in [9.17, 15) is 0 Å². The van der Waals surface area contributed by atoms with Gasteiger partial charge in [0.15, 0.2) is 5.11 Å². The second kappa shape index (κ2) is 6.99. The van der Waals surface area contributed by atoms with Gasteiger partial charge in [-0.2, -0.15) is 5.10 Å². The molecule has 21 heavy (non-hydrogen) atoms. The van der Waals surface area contributed by atoms with Crippen LogP contribution in [-0.4, -0.2) is 10.8 Å². The molecule has 2 N–H and O–H groups in total. The lowest BCUT2D eigenvalue weighted by Gasteiger charge is -2.12. The Morgan fingerprint density at radius 3 is 2.43 bits per heavy atom. The molecule has 0 atom stereocenters. The summed E-state index contributed by atoms with van der Waals surface area (Å²) < 4.78 is 0. The molecule has 108 valence electrons. The van der Waals surface area contributed by atoms with E-state index in [1.54, 1.807) is 0 Å². The van der Waals surface area contributed by atoms with Gasteiger partial charge in [-0.25, -0.2) is 0 Å². The highest BCUT2D eigenvalue weighted by Crippen LogP contribution is 2.17. The standard InChI is InChI=1S/C17H19N3S/c1-12-8-7-11-16(13(12)2)18-17(21)20-19-14(3)15-9-5-4-6-10-15/h4-11H,1-3H3,(H2,18,20,21)/b19-14+. The number of rotatable bonds is 3. The van der Waals surface area contributed by atoms with E-state index >= 15 is 0 Å². The molecule has 0 aliphatic rings. The molecule has 3 nitrogen and oxygen atoms in total. The molecule has 0 heterocycles. The molecule has 0 aliphatic heterocycles. The Bertz CT molecular complexity index is 663. The van der Waals surface area contributed by atoms with Crippen molar-refractivity contribution in [3.8, 4) is 0 Å². The third-order valence-electron chi connectivity index (χ3n) is 3.37. The largest absolute Gasteiger partial charge is 0.331 e. The van der Waals surface area contributed by atoms with Crippen LogP contribution in [0.5, 0.6) is 0 Å². The average Bonchev–Trinajstić information content (AvgIpc) is 2.50. The molecule has 0 aromatic heterocycles. The van der Waals surface area contributed by atoms with Gasteiger partial charge in [-0.3, -0.25) is 5.43 Å². The van der Waals surface area contributed by atoms with E-state index in [1.165, 1.54) is 11.1 Å². The van der Waals surface area contributed by atoms with E-state index in [0.29, 0.717) is 5.11 Å². The van der Waals surface area contributed by atoms with Crippen LogP contribution < -0.4 is 10.7 Å². The van der Waals surface area contributed by atoms with Gasteiger partial charge >= 0.3 is 0 Å². The highest BCUT2D eigenvalue weighted by Gasteiger charge is 2.02. The maximum Gasteiger partial charge on any atom is 0.191 e. The van der Waals surface area contributed by atoms with Gasteiger partial charge < -0.3 is 5.32 Å². The summed E-state index contributed by atoms with van der Waals surface area (Å²) in [5.74, 6) is 0. The number of benzene rings is 2. The third kappa shape index (κ3) is 4.13. The minimum Gasteiger partial charge on any atom is -0.331 e. The molecule has 2 rings (SSSR count). The maximum atomic E-state index is 5.28. The Hall–Kier alpha value is -2.20. The first-order chi connectivity index (χ1) is 10.1. The molecule has 0 fully saturated rings. The molecular formula is C17H19N3S. The van der Waals surface area contributed by atoms with Crippen molar-refractivity contribution in [2.75, 3.05) is 5.32 Å². The molecule has 2 aromatic carbocycles. The number of anilines is 1. The monoisotopic (exact) mass is 297 g/mol. The van der Waals surface area contributed by atoms with Gasteiger partial charge in [0, 0.05) is 5.69 Å². The summed E-state index contributed by atoms with van der Waals surface area (Å²) in [7, 11) is 0. The molecule has 0 saturated heterocycles. The zero-order valence-corrected chi connectivity index (χ0v) is 13.3. The van der Waals surface area contributed by atoms with Gasteiger partial charge in [0.2, 0.25) is 0 Å². The first kappa shape index (κ1) is 15.2. The van der Waals surface area contributed by atoms with Crippen molar-refractivity contribution < 1.29 is 0 Å². The van der Waals surface area contributed by atoms with Crippen LogP contribution in [0.25, 0.3) is 0 Å². The molecule has 0 saturated carbocycles. The van der Waals surface area contributed by atoms with Gasteiger partial charge in [0.1, 0.15) is 0 Å². The van der Waals surface area contributed by atoms with E-state index < -0.39 is 0 Å². The van der Waals surface area contributed by atoms with Crippen LogP contribution in [0.4, 0.5) is 5.69 Å². The van der Waals surface area contributed by atoms with Crippen molar-refractivity contribution >= 4 is 28.7 Å². The average molecular weight is 297 g/mol. The summed E-state index contributed by atoms with van der Waals surface area (Å²) in [6.45, 7) is 6.09. The zero-order chi connectivity index (χ0) is 15.2. The minimum atomic E-state index is 0.485. The van der Waals surface area contributed by atoms with Crippen LogP contribution >= 0.6 is 12.2 Å². The summed E-state index contributed by atoms with van der Waals surface area (Å²) in [5.41, 5.74) is 8.26.